The van der Waals surface area contributed by atoms with Crippen molar-refractivity contribution in [3.8, 4) is 0 Å². The Kier molecular flexibility index (Phi) is 5.77. The van der Waals surface area contributed by atoms with E-state index in [1.165, 1.54) is 11.1 Å². The van der Waals surface area contributed by atoms with Crippen LogP contribution in [0.4, 0.5) is 5.69 Å². The van der Waals surface area contributed by atoms with Gasteiger partial charge in [-0.1, -0.05) is 91.0 Å². The normalized spacial score (nSPS) is 11.7. The van der Waals surface area contributed by atoms with Crippen molar-refractivity contribution >= 4 is 34.4 Å². The SMILES string of the molecule is [S-]C(=Nc1ccccc1)c1n(Cc2ccccc2)c2ccccc2[n+]1Cc1ccccc1. The Balaban J connectivity index is 1.73. The topological polar surface area (TPSA) is 21.2 Å². The second-order valence-electron chi connectivity index (χ2n) is 7.71. The second-order valence-corrected chi connectivity index (χ2v) is 8.10. The van der Waals surface area contributed by atoms with Crippen LogP contribution in [0, 0.1) is 0 Å². The number of rotatable bonds is 6. The highest BCUT2D eigenvalue weighted by Gasteiger charge is 2.25. The number of aliphatic imine (C=N–C) groups is 1. The van der Waals surface area contributed by atoms with E-state index in [-0.39, 0.29) is 0 Å². The summed E-state index contributed by atoms with van der Waals surface area (Å²) in [6, 6.07) is 39.4. The van der Waals surface area contributed by atoms with Crippen LogP contribution in [0.2, 0.25) is 0 Å². The maximum absolute atomic E-state index is 5.94. The average molecular weight is 434 g/mol. The quantitative estimate of drug-likeness (QED) is 0.147. The minimum atomic E-state index is 0.583. The van der Waals surface area contributed by atoms with Crippen LogP contribution < -0.4 is 4.57 Å². The molecule has 5 rings (SSSR count). The molecule has 0 aliphatic carbocycles. The number of para-hydroxylation sites is 3. The molecule has 0 saturated heterocycles. The van der Waals surface area contributed by atoms with Crippen LogP contribution in [0.5, 0.6) is 0 Å². The third-order valence-corrected chi connectivity index (χ3v) is 5.79. The van der Waals surface area contributed by atoms with Crippen molar-refractivity contribution in [2.75, 3.05) is 0 Å². The Morgan fingerprint density at radius 1 is 0.688 bits per heavy atom. The van der Waals surface area contributed by atoms with Crippen LogP contribution in [-0.2, 0) is 25.7 Å². The Morgan fingerprint density at radius 2 is 1.25 bits per heavy atom. The van der Waals surface area contributed by atoms with Gasteiger partial charge in [0.2, 0.25) is 0 Å². The van der Waals surface area contributed by atoms with Gasteiger partial charge in [0.05, 0.1) is 5.69 Å². The van der Waals surface area contributed by atoms with Gasteiger partial charge in [0.15, 0.2) is 11.0 Å². The summed E-state index contributed by atoms with van der Waals surface area (Å²) in [5.74, 6) is 0.942. The molecule has 0 bridgehead atoms. The molecule has 1 heterocycles. The fourth-order valence-electron chi connectivity index (χ4n) is 4.05. The lowest BCUT2D eigenvalue weighted by Gasteiger charge is -2.12. The molecule has 4 aromatic carbocycles. The molecule has 4 heteroatoms. The third-order valence-electron chi connectivity index (χ3n) is 5.52. The van der Waals surface area contributed by atoms with Crippen molar-refractivity contribution < 1.29 is 4.57 Å². The largest absolute Gasteiger partial charge is 0.752 e. The van der Waals surface area contributed by atoms with Gasteiger partial charge < -0.3 is 12.6 Å². The molecular weight excluding hydrogens is 410 g/mol. The van der Waals surface area contributed by atoms with Crippen molar-refractivity contribution in [2.24, 2.45) is 4.99 Å². The summed E-state index contributed by atoms with van der Waals surface area (Å²) < 4.78 is 4.59. The molecule has 0 atom stereocenters. The Hall–Kier alpha value is -3.76. The van der Waals surface area contributed by atoms with Crippen LogP contribution >= 0.6 is 0 Å². The molecule has 0 spiro atoms. The number of fused-ring (bicyclic) bond motifs is 1. The van der Waals surface area contributed by atoms with Gasteiger partial charge in [-0.2, -0.15) is 0 Å². The molecule has 0 amide bonds. The predicted octanol–water partition coefficient (Wildman–Crippen LogP) is 5.65. The first-order chi connectivity index (χ1) is 15.8. The summed E-state index contributed by atoms with van der Waals surface area (Å²) in [5.41, 5.74) is 5.61. The highest BCUT2D eigenvalue weighted by Crippen LogP contribution is 2.20. The standard InChI is InChI=1S/C28H23N3S/c32-27(29-24-16-8-3-9-17-24)28-30(20-22-12-4-1-5-13-22)25-18-10-11-19-26(25)31(28)21-23-14-6-2-7-15-23/h1-19H,20-21H2. The van der Waals surface area contributed by atoms with Gasteiger partial charge in [-0.05, 0) is 35.4 Å². The first-order valence-electron chi connectivity index (χ1n) is 10.7. The first kappa shape index (κ1) is 20.2. The van der Waals surface area contributed by atoms with Gasteiger partial charge >= 0.3 is 0 Å². The van der Waals surface area contributed by atoms with E-state index < -0.39 is 0 Å². The predicted molar refractivity (Wildman–Crippen MR) is 133 cm³/mol. The van der Waals surface area contributed by atoms with E-state index >= 15 is 0 Å². The van der Waals surface area contributed by atoms with Gasteiger partial charge in [-0.25, -0.2) is 9.13 Å². The highest BCUT2D eigenvalue weighted by molar-refractivity contribution is 7.78. The van der Waals surface area contributed by atoms with E-state index in [1.807, 2.05) is 42.5 Å². The van der Waals surface area contributed by atoms with Gasteiger partial charge in [0, 0.05) is 5.04 Å². The molecule has 3 nitrogen and oxygen atoms in total. The van der Waals surface area contributed by atoms with Crippen LogP contribution in [0.15, 0.2) is 120 Å². The molecule has 1 aromatic heterocycles. The monoisotopic (exact) mass is 433 g/mol. The summed E-state index contributed by atoms with van der Waals surface area (Å²) in [6.07, 6.45) is 0. The van der Waals surface area contributed by atoms with Gasteiger partial charge in [-0.15, -0.1) is 0 Å². The minimum absolute atomic E-state index is 0.583. The molecular formula is C28H23N3S. The van der Waals surface area contributed by atoms with Crippen molar-refractivity contribution in [2.45, 2.75) is 13.1 Å². The Morgan fingerprint density at radius 3 is 1.94 bits per heavy atom. The molecule has 0 fully saturated rings. The fraction of sp³-hybridized carbons (Fsp3) is 0.0714. The smallest absolute Gasteiger partial charge is 0.281 e. The molecule has 0 unspecified atom stereocenters. The van der Waals surface area contributed by atoms with E-state index in [1.54, 1.807) is 0 Å². The zero-order valence-corrected chi connectivity index (χ0v) is 18.5. The summed E-state index contributed by atoms with van der Waals surface area (Å²) in [4.78, 5) is 4.82. The van der Waals surface area contributed by atoms with E-state index in [9.17, 15) is 0 Å². The van der Waals surface area contributed by atoms with Crippen molar-refractivity contribution in [1.82, 2.24) is 4.57 Å². The molecule has 0 N–H and O–H groups in total. The zero-order chi connectivity index (χ0) is 21.8. The average Bonchev–Trinajstić information content (AvgIpc) is 3.14. The number of aromatic nitrogens is 2. The van der Waals surface area contributed by atoms with Crippen molar-refractivity contribution in [1.29, 1.82) is 0 Å². The Bertz CT molecular complexity index is 1280. The number of hydrogen-bond acceptors (Lipinski definition) is 2. The van der Waals surface area contributed by atoms with Crippen molar-refractivity contribution in [3.63, 3.8) is 0 Å². The van der Waals surface area contributed by atoms with Crippen molar-refractivity contribution in [3.05, 3.63) is 132 Å². The van der Waals surface area contributed by atoms with Gasteiger partial charge in [-0.3, -0.25) is 4.99 Å². The maximum Gasteiger partial charge on any atom is 0.281 e. The summed E-state index contributed by atoms with van der Waals surface area (Å²) in [6.45, 7) is 1.45. The lowest BCUT2D eigenvalue weighted by molar-refractivity contribution is -0.664. The molecule has 0 radical (unpaired) electrons. The zero-order valence-electron chi connectivity index (χ0n) is 17.6. The van der Waals surface area contributed by atoms with Crippen LogP contribution in [-0.4, -0.2) is 9.61 Å². The highest BCUT2D eigenvalue weighted by atomic mass is 32.1. The molecule has 5 aromatic rings. The molecule has 0 aliphatic heterocycles. The molecule has 0 saturated carbocycles. The third kappa shape index (κ3) is 4.18. The summed E-state index contributed by atoms with van der Waals surface area (Å²) in [7, 11) is 0. The van der Waals surface area contributed by atoms with E-state index in [0.29, 0.717) is 5.04 Å². The number of imidazole rings is 1. The van der Waals surface area contributed by atoms with Gasteiger partial charge in [0.1, 0.15) is 13.1 Å². The van der Waals surface area contributed by atoms with Crippen LogP contribution in [0.25, 0.3) is 11.0 Å². The summed E-state index contributed by atoms with van der Waals surface area (Å²) in [5, 5.41) is 0.583. The summed E-state index contributed by atoms with van der Waals surface area (Å²) >= 11 is 5.94. The lowest BCUT2D eigenvalue weighted by atomic mass is 10.2. The number of benzene rings is 4. The maximum atomic E-state index is 5.94. The molecule has 0 aliphatic rings. The fourth-order valence-corrected chi connectivity index (χ4v) is 4.37. The molecule has 32 heavy (non-hydrogen) atoms. The van der Waals surface area contributed by atoms with Gasteiger partial charge in [0.25, 0.3) is 5.82 Å². The van der Waals surface area contributed by atoms with Crippen LogP contribution in [0.1, 0.15) is 17.0 Å². The van der Waals surface area contributed by atoms with E-state index in [2.05, 4.69) is 81.9 Å². The molecule has 156 valence electrons. The van der Waals surface area contributed by atoms with E-state index in [0.717, 1.165) is 35.6 Å². The number of nitrogens with zero attached hydrogens (tertiary/aromatic N) is 3. The number of hydrogen-bond donors (Lipinski definition) is 0. The van der Waals surface area contributed by atoms with E-state index in [4.69, 9.17) is 17.6 Å². The second kappa shape index (κ2) is 9.16. The first-order valence-corrected chi connectivity index (χ1v) is 11.1. The minimum Gasteiger partial charge on any atom is -0.752 e. The Labute approximate surface area is 193 Å². The van der Waals surface area contributed by atoms with Crippen LogP contribution in [0.3, 0.4) is 0 Å². The lowest BCUT2D eigenvalue weighted by Crippen LogP contribution is -2.40.